The van der Waals surface area contributed by atoms with Gasteiger partial charge < -0.3 is 4.74 Å². The quantitative estimate of drug-likeness (QED) is 0.694. The van der Waals surface area contributed by atoms with Crippen molar-refractivity contribution < 1.29 is 9.53 Å². The third-order valence-electron chi connectivity index (χ3n) is 2.52. The second-order valence-corrected chi connectivity index (χ2v) is 4.38. The topological polar surface area (TPSA) is 29.5 Å². The molecule has 86 valence electrons. The fraction of sp³-hybridized carbons (Fsp3) is 0.727. The third kappa shape index (κ3) is 4.22. The van der Waals surface area contributed by atoms with Crippen LogP contribution in [0.25, 0.3) is 0 Å². The lowest BCUT2D eigenvalue weighted by molar-refractivity contribution is -0.149. The molecule has 0 saturated carbocycles. The summed E-state index contributed by atoms with van der Waals surface area (Å²) in [4.78, 5) is 13.7. The number of rotatable bonds is 4. The summed E-state index contributed by atoms with van der Waals surface area (Å²) in [5, 5.41) is 0.625. The predicted molar refractivity (Wildman–Crippen MR) is 60.8 cm³/mol. The highest BCUT2D eigenvalue weighted by molar-refractivity contribution is 6.29. The van der Waals surface area contributed by atoms with Crippen molar-refractivity contribution in [2.75, 3.05) is 26.2 Å². The lowest BCUT2D eigenvalue weighted by Gasteiger charge is -2.31. The van der Waals surface area contributed by atoms with Crippen LogP contribution in [0.2, 0.25) is 0 Å². The van der Waals surface area contributed by atoms with Gasteiger partial charge in [0.25, 0.3) is 0 Å². The van der Waals surface area contributed by atoms with Crippen LogP contribution in [0.15, 0.2) is 11.6 Å². The van der Waals surface area contributed by atoms with Gasteiger partial charge in [0.2, 0.25) is 0 Å². The number of hydrogen-bond acceptors (Lipinski definition) is 3. The lowest BCUT2D eigenvalue weighted by Crippen LogP contribution is -2.39. The number of carbonyl (C=O) groups is 1. The van der Waals surface area contributed by atoms with E-state index in [1.807, 2.05) is 6.92 Å². The largest absolute Gasteiger partial charge is 0.466 e. The van der Waals surface area contributed by atoms with Crippen molar-refractivity contribution in [3.05, 3.63) is 11.6 Å². The van der Waals surface area contributed by atoms with Gasteiger partial charge in [-0.1, -0.05) is 18.2 Å². The molecular weight excluding hydrogens is 214 g/mol. The minimum Gasteiger partial charge on any atom is -0.466 e. The molecule has 0 aromatic heterocycles. The van der Waals surface area contributed by atoms with Crippen molar-refractivity contribution in [1.29, 1.82) is 0 Å². The maximum Gasteiger partial charge on any atom is 0.310 e. The molecule has 4 heteroatoms. The molecule has 0 unspecified atom stereocenters. The Hall–Kier alpha value is -0.540. The van der Waals surface area contributed by atoms with Crippen LogP contribution < -0.4 is 0 Å². The maximum atomic E-state index is 11.5. The third-order valence-corrected chi connectivity index (χ3v) is 2.64. The monoisotopic (exact) mass is 231 g/mol. The summed E-state index contributed by atoms with van der Waals surface area (Å²) in [6.45, 7) is 8.34. The molecule has 0 amide bonds. The van der Waals surface area contributed by atoms with Crippen molar-refractivity contribution in [2.45, 2.75) is 19.8 Å². The molecule has 1 saturated heterocycles. The number of nitrogens with zero attached hydrogens (tertiary/aromatic N) is 1. The van der Waals surface area contributed by atoms with Crippen LogP contribution in [-0.4, -0.2) is 37.1 Å². The average molecular weight is 232 g/mol. The van der Waals surface area contributed by atoms with Gasteiger partial charge in [-0.15, -0.1) is 0 Å². The number of likely N-dealkylation sites (tertiary alicyclic amines) is 1. The van der Waals surface area contributed by atoms with Gasteiger partial charge in [0.05, 0.1) is 12.5 Å². The lowest BCUT2D eigenvalue weighted by atomic mass is 9.98. The minimum absolute atomic E-state index is 0.00900. The Balaban J connectivity index is 2.41. The zero-order valence-electron chi connectivity index (χ0n) is 9.17. The van der Waals surface area contributed by atoms with E-state index in [1.165, 1.54) is 0 Å². The summed E-state index contributed by atoms with van der Waals surface area (Å²) >= 11 is 5.75. The van der Waals surface area contributed by atoms with E-state index in [1.54, 1.807) is 0 Å². The maximum absolute atomic E-state index is 11.5. The number of hydrogen-bond donors (Lipinski definition) is 0. The van der Waals surface area contributed by atoms with Crippen LogP contribution in [0.4, 0.5) is 0 Å². The molecule has 0 aliphatic carbocycles. The van der Waals surface area contributed by atoms with E-state index in [0.717, 1.165) is 25.9 Å². The van der Waals surface area contributed by atoms with Gasteiger partial charge in [0, 0.05) is 18.1 Å². The van der Waals surface area contributed by atoms with Gasteiger partial charge >= 0.3 is 5.97 Å². The highest BCUT2D eigenvalue weighted by atomic mass is 35.5. The van der Waals surface area contributed by atoms with E-state index in [-0.39, 0.29) is 11.9 Å². The van der Waals surface area contributed by atoms with Crippen LogP contribution in [0.1, 0.15) is 19.8 Å². The first kappa shape index (κ1) is 12.5. The Morgan fingerprint density at radius 2 is 2.40 bits per heavy atom. The standard InChI is InChI=1S/C11H18ClNO2/c1-3-15-11(14)10-5-4-6-13(8-10)7-9(2)12/h10H,2-8H2,1H3/t10-/m1/s1. The molecular formula is C11H18ClNO2. The van der Waals surface area contributed by atoms with Gasteiger partial charge in [0.1, 0.15) is 0 Å². The Kier molecular flexibility index (Phi) is 5.12. The summed E-state index contributed by atoms with van der Waals surface area (Å²) in [6.07, 6.45) is 1.94. The van der Waals surface area contributed by atoms with Gasteiger partial charge in [-0.05, 0) is 26.3 Å². The summed E-state index contributed by atoms with van der Waals surface area (Å²) in [5.74, 6) is -0.0721. The number of carbonyl (C=O) groups excluding carboxylic acids is 1. The fourth-order valence-electron chi connectivity index (χ4n) is 1.89. The second-order valence-electron chi connectivity index (χ2n) is 3.84. The molecule has 1 aliphatic heterocycles. The number of ether oxygens (including phenoxy) is 1. The van der Waals surface area contributed by atoms with Gasteiger partial charge in [-0.3, -0.25) is 9.69 Å². The first-order valence-corrected chi connectivity index (χ1v) is 5.73. The highest BCUT2D eigenvalue weighted by Crippen LogP contribution is 2.19. The van der Waals surface area contributed by atoms with E-state index in [2.05, 4.69) is 11.5 Å². The molecule has 1 rings (SSSR count). The van der Waals surface area contributed by atoms with Crippen molar-refractivity contribution >= 4 is 17.6 Å². The van der Waals surface area contributed by atoms with Crippen LogP contribution in [0.5, 0.6) is 0 Å². The first-order valence-electron chi connectivity index (χ1n) is 5.35. The van der Waals surface area contributed by atoms with Crippen LogP contribution >= 0.6 is 11.6 Å². The number of halogens is 1. The van der Waals surface area contributed by atoms with Crippen LogP contribution in [0, 0.1) is 5.92 Å². The van der Waals surface area contributed by atoms with E-state index in [9.17, 15) is 4.79 Å². The molecule has 1 atom stereocenters. The van der Waals surface area contributed by atoms with Crippen molar-refractivity contribution in [3.63, 3.8) is 0 Å². The molecule has 1 fully saturated rings. The van der Waals surface area contributed by atoms with E-state index < -0.39 is 0 Å². The molecule has 3 nitrogen and oxygen atoms in total. The van der Waals surface area contributed by atoms with E-state index in [0.29, 0.717) is 18.2 Å². The average Bonchev–Trinajstić information content (AvgIpc) is 2.17. The number of esters is 1. The van der Waals surface area contributed by atoms with Crippen molar-refractivity contribution in [2.24, 2.45) is 5.92 Å². The smallest absolute Gasteiger partial charge is 0.310 e. The van der Waals surface area contributed by atoms with Gasteiger partial charge in [-0.25, -0.2) is 0 Å². The Labute approximate surface area is 96.0 Å². The molecule has 0 aromatic carbocycles. The van der Waals surface area contributed by atoms with Gasteiger partial charge in [0.15, 0.2) is 0 Å². The zero-order valence-corrected chi connectivity index (χ0v) is 9.92. The fourth-order valence-corrected chi connectivity index (χ4v) is 2.06. The Morgan fingerprint density at radius 3 is 3.00 bits per heavy atom. The predicted octanol–water partition coefficient (Wildman–Crippen LogP) is 2.01. The molecule has 0 spiro atoms. The summed E-state index contributed by atoms with van der Waals surface area (Å²) < 4.78 is 5.01. The normalized spacial score (nSPS) is 22.4. The molecule has 0 N–H and O–H groups in total. The minimum atomic E-state index is -0.0811. The first-order chi connectivity index (χ1) is 7.13. The summed E-state index contributed by atoms with van der Waals surface area (Å²) in [5.41, 5.74) is 0. The second kappa shape index (κ2) is 6.13. The van der Waals surface area contributed by atoms with Crippen molar-refractivity contribution in [3.8, 4) is 0 Å². The molecule has 0 aromatic rings. The molecule has 0 radical (unpaired) electrons. The van der Waals surface area contributed by atoms with Crippen LogP contribution in [0.3, 0.4) is 0 Å². The summed E-state index contributed by atoms with van der Waals surface area (Å²) in [6, 6.07) is 0. The van der Waals surface area contributed by atoms with E-state index >= 15 is 0 Å². The molecule has 1 aliphatic rings. The van der Waals surface area contributed by atoms with Gasteiger partial charge in [-0.2, -0.15) is 0 Å². The molecule has 1 heterocycles. The molecule has 0 bridgehead atoms. The van der Waals surface area contributed by atoms with Crippen molar-refractivity contribution in [1.82, 2.24) is 4.90 Å². The number of piperidine rings is 1. The SMILES string of the molecule is C=C(Cl)CN1CCC[C@@H](C(=O)OCC)C1. The summed E-state index contributed by atoms with van der Waals surface area (Å²) in [7, 11) is 0. The Bertz CT molecular complexity index is 243. The highest BCUT2D eigenvalue weighted by Gasteiger charge is 2.26. The molecule has 15 heavy (non-hydrogen) atoms. The van der Waals surface area contributed by atoms with Crippen LogP contribution in [-0.2, 0) is 9.53 Å². The van der Waals surface area contributed by atoms with E-state index in [4.69, 9.17) is 16.3 Å². The Morgan fingerprint density at radius 1 is 1.67 bits per heavy atom. The zero-order chi connectivity index (χ0) is 11.3.